The van der Waals surface area contributed by atoms with Gasteiger partial charge in [-0.05, 0) is 62.3 Å². The lowest BCUT2D eigenvalue weighted by molar-refractivity contribution is -0.0206. The lowest BCUT2D eigenvalue weighted by atomic mass is 9.53. The molecule has 0 aliphatic heterocycles. The predicted octanol–water partition coefficient (Wildman–Crippen LogP) is 3.46. The van der Waals surface area contributed by atoms with E-state index in [-0.39, 0.29) is 0 Å². The number of phenolic OH excluding ortho intramolecular Hbond substituents is 1. The molecule has 0 radical (unpaired) electrons. The van der Waals surface area contributed by atoms with Gasteiger partial charge in [0.15, 0.2) is 0 Å². The van der Waals surface area contributed by atoms with Crippen molar-refractivity contribution in [2.24, 2.45) is 17.8 Å². The second kappa shape index (κ2) is 4.91. The fourth-order valence-electron chi connectivity index (χ4n) is 5.43. The minimum absolute atomic E-state index is 0.339. The molecule has 0 heterocycles. The van der Waals surface area contributed by atoms with E-state index in [2.05, 4.69) is 5.32 Å². The van der Waals surface area contributed by atoms with Crippen LogP contribution in [0.4, 0.5) is 0 Å². The van der Waals surface area contributed by atoms with Crippen molar-refractivity contribution in [2.45, 2.75) is 50.6 Å². The van der Waals surface area contributed by atoms with E-state index < -0.39 is 0 Å². The molecule has 1 aromatic rings. The van der Waals surface area contributed by atoms with E-state index in [1.807, 2.05) is 12.1 Å². The molecular weight excluding hydrogens is 262 g/mol. The molecule has 114 valence electrons. The average Bonchev–Trinajstić information content (AvgIpc) is 2.44. The topological polar surface area (TPSA) is 41.5 Å². The van der Waals surface area contributed by atoms with E-state index >= 15 is 0 Å². The highest BCUT2D eigenvalue weighted by Gasteiger charge is 2.50. The Balaban J connectivity index is 1.47. The highest BCUT2D eigenvalue weighted by atomic mass is 16.5. The third-order valence-corrected chi connectivity index (χ3v) is 5.98. The SMILES string of the molecule is COc1ccc(CNC23CC4CC(CC(C4)C2)C3)c(O)c1. The monoisotopic (exact) mass is 287 g/mol. The summed E-state index contributed by atoms with van der Waals surface area (Å²) in [6.45, 7) is 0.766. The van der Waals surface area contributed by atoms with E-state index in [4.69, 9.17) is 4.74 Å². The Morgan fingerprint density at radius 1 is 1.14 bits per heavy atom. The van der Waals surface area contributed by atoms with Crippen molar-refractivity contribution in [1.82, 2.24) is 5.32 Å². The van der Waals surface area contributed by atoms with Crippen LogP contribution in [0.1, 0.15) is 44.1 Å². The Hall–Kier alpha value is -1.22. The first-order valence-corrected chi connectivity index (χ1v) is 8.27. The molecular formula is C18H25NO2. The van der Waals surface area contributed by atoms with Gasteiger partial charge in [-0.2, -0.15) is 0 Å². The molecule has 0 atom stereocenters. The third-order valence-electron chi connectivity index (χ3n) is 5.98. The van der Waals surface area contributed by atoms with Gasteiger partial charge in [0.05, 0.1) is 7.11 Å². The molecule has 0 unspecified atom stereocenters. The van der Waals surface area contributed by atoms with E-state index in [0.29, 0.717) is 17.0 Å². The lowest BCUT2D eigenvalue weighted by Gasteiger charge is -2.57. The van der Waals surface area contributed by atoms with E-state index in [9.17, 15) is 5.11 Å². The van der Waals surface area contributed by atoms with Crippen LogP contribution >= 0.6 is 0 Å². The Morgan fingerprint density at radius 2 is 1.76 bits per heavy atom. The number of ether oxygens (including phenoxy) is 1. The van der Waals surface area contributed by atoms with Gasteiger partial charge in [0, 0.05) is 23.7 Å². The molecule has 4 fully saturated rings. The Labute approximate surface area is 126 Å². The van der Waals surface area contributed by atoms with Crippen molar-refractivity contribution in [3.05, 3.63) is 23.8 Å². The molecule has 4 bridgehead atoms. The highest BCUT2D eigenvalue weighted by molar-refractivity contribution is 5.39. The Kier molecular flexibility index (Phi) is 3.14. The highest BCUT2D eigenvalue weighted by Crippen LogP contribution is 2.55. The van der Waals surface area contributed by atoms with Gasteiger partial charge in [-0.25, -0.2) is 0 Å². The summed E-state index contributed by atoms with van der Waals surface area (Å²) in [5.74, 6) is 3.91. The van der Waals surface area contributed by atoms with Crippen LogP contribution in [0.2, 0.25) is 0 Å². The number of hydrogen-bond donors (Lipinski definition) is 2. The van der Waals surface area contributed by atoms with E-state index in [1.165, 1.54) is 38.5 Å². The maximum atomic E-state index is 10.1. The molecule has 0 aromatic heterocycles. The second-order valence-electron chi connectivity index (χ2n) is 7.55. The summed E-state index contributed by atoms with van der Waals surface area (Å²) >= 11 is 0. The minimum Gasteiger partial charge on any atom is -0.507 e. The van der Waals surface area contributed by atoms with E-state index in [0.717, 1.165) is 29.9 Å². The summed E-state index contributed by atoms with van der Waals surface area (Å²) in [4.78, 5) is 0. The summed E-state index contributed by atoms with van der Waals surface area (Å²) in [6, 6.07) is 5.61. The van der Waals surface area contributed by atoms with Crippen LogP contribution in [0.3, 0.4) is 0 Å². The summed E-state index contributed by atoms with van der Waals surface area (Å²) in [5, 5.41) is 13.9. The van der Waals surface area contributed by atoms with Crippen LogP contribution in [0.5, 0.6) is 11.5 Å². The summed E-state index contributed by atoms with van der Waals surface area (Å²) in [6.07, 6.45) is 8.43. The number of aromatic hydroxyl groups is 1. The van der Waals surface area contributed by atoms with Crippen molar-refractivity contribution in [3.8, 4) is 11.5 Å². The molecule has 3 nitrogen and oxygen atoms in total. The Morgan fingerprint density at radius 3 is 2.29 bits per heavy atom. The first kappa shape index (κ1) is 13.4. The number of phenols is 1. The molecule has 21 heavy (non-hydrogen) atoms. The van der Waals surface area contributed by atoms with Crippen LogP contribution in [0, 0.1) is 17.8 Å². The number of benzene rings is 1. The molecule has 4 saturated carbocycles. The van der Waals surface area contributed by atoms with Gasteiger partial charge in [0.1, 0.15) is 11.5 Å². The molecule has 0 amide bonds. The summed E-state index contributed by atoms with van der Waals surface area (Å²) in [5.41, 5.74) is 1.33. The van der Waals surface area contributed by atoms with Crippen molar-refractivity contribution in [2.75, 3.05) is 7.11 Å². The quantitative estimate of drug-likeness (QED) is 0.891. The summed E-state index contributed by atoms with van der Waals surface area (Å²) in [7, 11) is 1.63. The number of rotatable bonds is 4. The zero-order valence-corrected chi connectivity index (χ0v) is 12.8. The van der Waals surface area contributed by atoms with Gasteiger partial charge in [-0.15, -0.1) is 0 Å². The van der Waals surface area contributed by atoms with Gasteiger partial charge in [-0.1, -0.05) is 6.07 Å². The first-order chi connectivity index (χ1) is 10.2. The van der Waals surface area contributed by atoms with Gasteiger partial charge < -0.3 is 15.2 Å². The van der Waals surface area contributed by atoms with Crippen molar-refractivity contribution < 1.29 is 9.84 Å². The number of methoxy groups -OCH3 is 1. The van der Waals surface area contributed by atoms with Crippen molar-refractivity contribution in [3.63, 3.8) is 0 Å². The molecule has 4 aliphatic carbocycles. The summed E-state index contributed by atoms with van der Waals surface area (Å²) < 4.78 is 5.15. The standard InChI is InChI=1S/C18H25NO2/c1-21-16-3-2-15(17(20)7-16)11-19-18-8-12-4-13(9-18)6-14(5-12)10-18/h2-3,7,12-14,19-20H,4-6,8-11H2,1H3. The molecule has 0 saturated heterocycles. The van der Waals surface area contributed by atoms with Crippen molar-refractivity contribution in [1.29, 1.82) is 0 Å². The number of nitrogens with one attached hydrogen (secondary N) is 1. The molecule has 4 aliphatic rings. The molecule has 5 rings (SSSR count). The van der Waals surface area contributed by atoms with Crippen LogP contribution in [0.15, 0.2) is 18.2 Å². The molecule has 3 heteroatoms. The molecule has 1 aromatic carbocycles. The second-order valence-corrected chi connectivity index (χ2v) is 7.55. The number of hydrogen-bond acceptors (Lipinski definition) is 3. The van der Waals surface area contributed by atoms with Gasteiger partial charge in [0.25, 0.3) is 0 Å². The maximum Gasteiger partial charge on any atom is 0.123 e. The van der Waals surface area contributed by atoms with Crippen LogP contribution in [0.25, 0.3) is 0 Å². The van der Waals surface area contributed by atoms with Crippen LogP contribution < -0.4 is 10.1 Å². The maximum absolute atomic E-state index is 10.1. The van der Waals surface area contributed by atoms with Crippen LogP contribution in [-0.4, -0.2) is 17.8 Å². The predicted molar refractivity (Wildman–Crippen MR) is 82.4 cm³/mol. The Bertz CT molecular complexity index is 505. The average molecular weight is 287 g/mol. The lowest BCUT2D eigenvalue weighted by Crippen LogP contribution is -2.58. The zero-order valence-electron chi connectivity index (χ0n) is 12.8. The molecule has 0 spiro atoms. The van der Waals surface area contributed by atoms with Gasteiger partial charge in [-0.3, -0.25) is 0 Å². The smallest absolute Gasteiger partial charge is 0.123 e. The third kappa shape index (κ3) is 2.42. The zero-order chi connectivity index (χ0) is 14.4. The largest absolute Gasteiger partial charge is 0.507 e. The van der Waals surface area contributed by atoms with Gasteiger partial charge in [0.2, 0.25) is 0 Å². The first-order valence-electron chi connectivity index (χ1n) is 8.27. The fraction of sp³-hybridized carbons (Fsp3) is 0.667. The van der Waals surface area contributed by atoms with Gasteiger partial charge >= 0.3 is 0 Å². The van der Waals surface area contributed by atoms with Crippen molar-refractivity contribution >= 4 is 0 Å². The fourth-order valence-corrected chi connectivity index (χ4v) is 5.43. The van der Waals surface area contributed by atoms with Crippen LogP contribution in [-0.2, 0) is 6.54 Å². The molecule has 2 N–H and O–H groups in total. The minimum atomic E-state index is 0.339. The normalized spacial score (nSPS) is 36.9. The van der Waals surface area contributed by atoms with E-state index in [1.54, 1.807) is 13.2 Å².